The molecule has 0 saturated carbocycles. The second-order valence-corrected chi connectivity index (χ2v) is 8.55. The van der Waals surface area contributed by atoms with Crippen LogP contribution in [0.4, 0.5) is 0 Å². The van der Waals surface area contributed by atoms with Crippen molar-refractivity contribution >= 4 is 19.0 Å². The van der Waals surface area contributed by atoms with Crippen LogP contribution in [-0.4, -0.2) is 18.0 Å². The van der Waals surface area contributed by atoms with Crippen molar-refractivity contribution in [1.29, 1.82) is 0 Å². The molecular weight excluding hydrogens is 323 g/mol. The summed E-state index contributed by atoms with van der Waals surface area (Å²) in [5.74, 6) is 0.0312. The van der Waals surface area contributed by atoms with Crippen molar-refractivity contribution in [2.75, 3.05) is 6.61 Å². The van der Waals surface area contributed by atoms with Crippen molar-refractivity contribution in [1.82, 2.24) is 0 Å². The van der Waals surface area contributed by atoms with E-state index in [-0.39, 0.29) is 5.78 Å². The fourth-order valence-corrected chi connectivity index (χ4v) is 5.61. The number of benzene rings is 1. The van der Waals surface area contributed by atoms with Crippen LogP contribution in [0.3, 0.4) is 0 Å². The first-order valence-electron chi connectivity index (χ1n) is 8.56. The Balaban J connectivity index is 2.57. The molecule has 0 spiro atoms. The maximum absolute atomic E-state index is 13.3. The zero-order valence-electron chi connectivity index (χ0n) is 15.2. The summed E-state index contributed by atoms with van der Waals surface area (Å²) >= 11 is 0. The van der Waals surface area contributed by atoms with Crippen LogP contribution in [-0.2, 0) is 13.6 Å². The highest BCUT2D eigenvalue weighted by Crippen LogP contribution is 2.69. The Morgan fingerprint density at radius 1 is 1.21 bits per heavy atom. The SMILES string of the molecule is CCCCC1=C(c2ccc(C(C)=O)cc2)C(C)(C)OP1(=O)OCC. The molecule has 0 amide bonds. The Kier molecular flexibility index (Phi) is 5.85. The molecule has 0 aliphatic carbocycles. The second-order valence-electron chi connectivity index (χ2n) is 6.58. The first kappa shape index (κ1) is 19.1. The van der Waals surface area contributed by atoms with Gasteiger partial charge in [-0.15, -0.1) is 0 Å². The van der Waals surface area contributed by atoms with E-state index in [4.69, 9.17) is 9.05 Å². The molecule has 1 aromatic carbocycles. The van der Waals surface area contributed by atoms with Crippen molar-refractivity contribution in [3.05, 3.63) is 40.7 Å². The quantitative estimate of drug-likeness (QED) is 0.459. The summed E-state index contributed by atoms with van der Waals surface area (Å²) in [5, 5.41) is 0.784. The van der Waals surface area contributed by atoms with E-state index in [0.29, 0.717) is 18.6 Å². The molecule has 1 aliphatic rings. The van der Waals surface area contributed by atoms with Crippen molar-refractivity contribution < 1.29 is 18.4 Å². The van der Waals surface area contributed by atoms with Gasteiger partial charge >= 0.3 is 7.60 Å². The van der Waals surface area contributed by atoms with Gasteiger partial charge in [0.25, 0.3) is 0 Å². The summed E-state index contributed by atoms with van der Waals surface area (Å²) in [5.41, 5.74) is 1.85. The molecule has 4 nitrogen and oxygen atoms in total. The highest BCUT2D eigenvalue weighted by Gasteiger charge is 2.48. The second kappa shape index (κ2) is 7.35. The van der Waals surface area contributed by atoms with E-state index < -0.39 is 13.2 Å². The van der Waals surface area contributed by atoms with Gasteiger partial charge in [0, 0.05) is 16.5 Å². The van der Waals surface area contributed by atoms with Crippen LogP contribution < -0.4 is 0 Å². The number of hydrogen-bond acceptors (Lipinski definition) is 4. The molecule has 0 bridgehead atoms. The van der Waals surface area contributed by atoms with E-state index in [1.807, 2.05) is 45.0 Å². The zero-order valence-corrected chi connectivity index (χ0v) is 16.1. The number of rotatable bonds is 7. The Hall–Kier alpha value is -1.22. The van der Waals surface area contributed by atoms with Gasteiger partial charge in [0.1, 0.15) is 0 Å². The summed E-state index contributed by atoms with van der Waals surface area (Å²) in [4.78, 5) is 11.5. The van der Waals surface area contributed by atoms with E-state index in [1.54, 1.807) is 6.92 Å². The van der Waals surface area contributed by atoms with Crippen molar-refractivity contribution in [2.24, 2.45) is 0 Å². The molecule has 0 aromatic heterocycles. The molecular formula is C19H27O4P. The van der Waals surface area contributed by atoms with Gasteiger partial charge in [-0.3, -0.25) is 13.9 Å². The zero-order chi connectivity index (χ0) is 18.0. The van der Waals surface area contributed by atoms with Crippen LogP contribution in [0, 0.1) is 0 Å². The maximum Gasteiger partial charge on any atom is 0.358 e. The predicted molar refractivity (Wildman–Crippen MR) is 97.3 cm³/mol. The van der Waals surface area contributed by atoms with Crippen molar-refractivity contribution in [2.45, 2.75) is 59.5 Å². The highest BCUT2D eigenvalue weighted by atomic mass is 31.2. The molecule has 132 valence electrons. The standard InChI is InChI=1S/C19H27O4P/c1-6-8-9-17-18(16-12-10-15(11-13-16)14(3)20)19(4,5)23-24(17,21)22-7-2/h10-13H,6-9H2,1-5H3. The summed E-state index contributed by atoms with van der Waals surface area (Å²) in [6.45, 7) is 9.67. The lowest BCUT2D eigenvalue weighted by atomic mass is 9.89. The summed E-state index contributed by atoms with van der Waals surface area (Å²) in [6.07, 6.45) is 2.63. The number of ketones is 1. The van der Waals surface area contributed by atoms with E-state index in [1.165, 1.54) is 0 Å². The molecule has 0 radical (unpaired) electrons. The minimum Gasteiger partial charge on any atom is -0.306 e. The minimum atomic E-state index is -3.27. The lowest BCUT2D eigenvalue weighted by Gasteiger charge is -2.23. The summed E-state index contributed by atoms with van der Waals surface area (Å²) in [7, 11) is -3.27. The predicted octanol–water partition coefficient (Wildman–Crippen LogP) is 5.83. The van der Waals surface area contributed by atoms with Crippen molar-refractivity contribution in [3.8, 4) is 0 Å². The fraction of sp³-hybridized carbons (Fsp3) is 0.526. The van der Waals surface area contributed by atoms with Crippen molar-refractivity contribution in [3.63, 3.8) is 0 Å². The van der Waals surface area contributed by atoms with E-state index in [0.717, 1.165) is 29.3 Å². The maximum atomic E-state index is 13.3. The molecule has 1 aromatic rings. The third-order valence-corrected chi connectivity index (χ3v) is 6.62. The molecule has 1 atom stereocenters. The lowest BCUT2D eigenvalue weighted by molar-refractivity contribution is 0.101. The van der Waals surface area contributed by atoms with Gasteiger partial charge in [0.15, 0.2) is 5.78 Å². The highest BCUT2D eigenvalue weighted by molar-refractivity contribution is 7.59. The van der Waals surface area contributed by atoms with Gasteiger partial charge in [-0.1, -0.05) is 37.6 Å². The molecule has 24 heavy (non-hydrogen) atoms. The smallest absolute Gasteiger partial charge is 0.306 e. The van der Waals surface area contributed by atoms with Crippen LogP contribution in [0.2, 0.25) is 0 Å². The topological polar surface area (TPSA) is 52.6 Å². The molecule has 0 saturated heterocycles. The third kappa shape index (κ3) is 3.72. The van der Waals surface area contributed by atoms with Crippen LogP contribution in [0.15, 0.2) is 29.6 Å². The molecule has 1 unspecified atom stereocenters. The average molecular weight is 350 g/mol. The van der Waals surface area contributed by atoms with Gasteiger partial charge < -0.3 is 4.52 Å². The van der Waals surface area contributed by atoms with Crippen LogP contribution in [0.1, 0.15) is 69.8 Å². The van der Waals surface area contributed by atoms with Gasteiger partial charge in [-0.05, 0) is 46.1 Å². The Morgan fingerprint density at radius 3 is 2.33 bits per heavy atom. The summed E-state index contributed by atoms with van der Waals surface area (Å²) < 4.78 is 24.8. The first-order chi connectivity index (χ1) is 11.2. The minimum absolute atomic E-state index is 0.0312. The lowest BCUT2D eigenvalue weighted by Crippen LogP contribution is -2.20. The molecule has 5 heteroatoms. The molecule has 1 aliphatic heterocycles. The first-order valence-corrected chi connectivity index (χ1v) is 10.1. The number of unbranched alkanes of at least 4 members (excludes halogenated alkanes) is 1. The number of carbonyl (C=O) groups excluding carboxylic acids is 1. The molecule has 1 heterocycles. The van der Waals surface area contributed by atoms with Gasteiger partial charge in [0.2, 0.25) is 0 Å². The summed E-state index contributed by atoms with van der Waals surface area (Å²) in [6, 6.07) is 7.43. The average Bonchev–Trinajstić information content (AvgIpc) is 2.70. The fourth-order valence-electron chi connectivity index (χ4n) is 3.15. The van der Waals surface area contributed by atoms with Gasteiger partial charge in [0.05, 0.1) is 12.2 Å². The number of hydrogen-bond donors (Lipinski definition) is 0. The Labute approximate surface area is 144 Å². The van der Waals surface area contributed by atoms with Crippen LogP contribution in [0.25, 0.3) is 5.57 Å². The largest absolute Gasteiger partial charge is 0.358 e. The number of allylic oxidation sites excluding steroid dienone is 1. The van der Waals surface area contributed by atoms with Gasteiger partial charge in [-0.25, -0.2) is 0 Å². The molecule has 2 rings (SSSR count). The number of Topliss-reactive ketones (excluding diaryl/α,β-unsaturated/α-hetero) is 1. The van der Waals surface area contributed by atoms with E-state index in [2.05, 4.69) is 6.92 Å². The Morgan fingerprint density at radius 2 is 1.83 bits per heavy atom. The normalized spacial score (nSPS) is 22.9. The van der Waals surface area contributed by atoms with Gasteiger partial charge in [-0.2, -0.15) is 0 Å². The van der Waals surface area contributed by atoms with Crippen LogP contribution in [0.5, 0.6) is 0 Å². The molecule has 0 N–H and O–H groups in total. The van der Waals surface area contributed by atoms with E-state index in [9.17, 15) is 9.36 Å². The monoisotopic (exact) mass is 350 g/mol. The van der Waals surface area contributed by atoms with Crippen LogP contribution >= 0.6 is 7.60 Å². The van der Waals surface area contributed by atoms with E-state index >= 15 is 0 Å². The molecule has 0 fully saturated rings. The Bertz CT molecular complexity index is 686. The number of carbonyl (C=O) groups is 1. The third-order valence-electron chi connectivity index (χ3n) is 4.22.